The van der Waals surface area contributed by atoms with E-state index in [9.17, 15) is 0 Å². The molecular formula is C14H15N5. The second-order valence-corrected chi connectivity index (χ2v) is 4.45. The minimum absolute atomic E-state index is 0.810. The van der Waals surface area contributed by atoms with Crippen LogP contribution in [0.5, 0.6) is 0 Å². The lowest BCUT2D eigenvalue weighted by molar-refractivity contribution is 0.660. The summed E-state index contributed by atoms with van der Waals surface area (Å²) in [5.41, 5.74) is 3.24. The molecule has 19 heavy (non-hydrogen) atoms. The number of aromatic nitrogens is 5. The molecule has 1 aromatic carbocycles. The van der Waals surface area contributed by atoms with Crippen molar-refractivity contribution in [3.63, 3.8) is 0 Å². The summed E-state index contributed by atoms with van der Waals surface area (Å²) in [4.78, 5) is 0. The van der Waals surface area contributed by atoms with E-state index < -0.39 is 0 Å². The third kappa shape index (κ3) is 2.14. The molecule has 0 radical (unpaired) electrons. The molecule has 3 aromatic rings. The highest BCUT2D eigenvalue weighted by Gasteiger charge is 2.10. The van der Waals surface area contributed by atoms with Gasteiger partial charge < -0.3 is 0 Å². The van der Waals surface area contributed by atoms with Crippen LogP contribution in [0.4, 0.5) is 0 Å². The fourth-order valence-corrected chi connectivity index (χ4v) is 2.05. The molecule has 5 nitrogen and oxygen atoms in total. The summed E-state index contributed by atoms with van der Waals surface area (Å²) in [6, 6.07) is 8.26. The van der Waals surface area contributed by atoms with Crippen molar-refractivity contribution in [2.75, 3.05) is 0 Å². The zero-order valence-electron chi connectivity index (χ0n) is 11.0. The maximum Gasteiger partial charge on any atom is 0.171 e. The van der Waals surface area contributed by atoms with Crippen molar-refractivity contribution >= 4 is 0 Å². The largest absolute Gasteiger partial charge is 0.282 e. The molecule has 2 aromatic heterocycles. The number of hydrogen-bond acceptors (Lipinski definition) is 3. The molecule has 0 spiro atoms. The van der Waals surface area contributed by atoms with Gasteiger partial charge in [0.05, 0.1) is 11.8 Å². The molecule has 0 aliphatic heterocycles. The summed E-state index contributed by atoms with van der Waals surface area (Å²) in [5.74, 6) is 0.810. The summed E-state index contributed by atoms with van der Waals surface area (Å²) in [5, 5.41) is 12.5. The molecule has 0 unspecified atom stereocenters. The van der Waals surface area contributed by atoms with Crippen molar-refractivity contribution in [1.29, 1.82) is 0 Å². The number of aryl methyl sites for hydroxylation is 2. The zero-order valence-corrected chi connectivity index (χ0v) is 11.0. The molecular weight excluding hydrogens is 238 g/mol. The van der Waals surface area contributed by atoms with Gasteiger partial charge in [-0.3, -0.25) is 9.25 Å². The Morgan fingerprint density at radius 1 is 1.26 bits per heavy atom. The average molecular weight is 253 g/mol. The second kappa shape index (κ2) is 4.68. The van der Waals surface area contributed by atoms with Gasteiger partial charge in [0, 0.05) is 18.4 Å². The molecule has 0 amide bonds. The molecule has 3 rings (SSSR count). The Morgan fingerprint density at radius 2 is 2.16 bits per heavy atom. The molecule has 0 fully saturated rings. The minimum Gasteiger partial charge on any atom is -0.282 e. The van der Waals surface area contributed by atoms with Gasteiger partial charge in [0.25, 0.3) is 0 Å². The third-order valence-electron chi connectivity index (χ3n) is 3.04. The number of benzene rings is 1. The predicted molar refractivity (Wildman–Crippen MR) is 73.0 cm³/mol. The quantitative estimate of drug-likeness (QED) is 0.720. The fourth-order valence-electron chi connectivity index (χ4n) is 2.05. The van der Waals surface area contributed by atoms with Crippen LogP contribution in [0, 0.1) is 6.92 Å². The van der Waals surface area contributed by atoms with Crippen molar-refractivity contribution in [2.24, 2.45) is 0 Å². The lowest BCUT2D eigenvalue weighted by atomic mass is 10.2. The topological polar surface area (TPSA) is 48.5 Å². The van der Waals surface area contributed by atoms with Crippen LogP contribution >= 0.6 is 0 Å². The van der Waals surface area contributed by atoms with Gasteiger partial charge in [-0.05, 0) is 31.5 Å². The van der Waals surface area contributed by atoms with Gasteiger partial charge in [-0.15, -0.1) is 10.2 Å². The Hall–Kier alpha value is -2.43. The highest BCUT2D eigenvalue weighted by Crippen LogP contribution is 2.20. The van der Waals surface area contributed by atoms with Gasteiger partial charge in [0.2, 0.25) is 0 Å². The number of hydrogen-bond donors (Lipinski definition) is 0. The molecule has 0 aliphatic rings. The van der Waals surface area contributed by atoms with Gasteiger partial charge in [-0.25, -0.2) is 0 Å². The molecule has 96 valence electrons. The Kier molecular flexibility index (Phi) is 2.87. The summed E-state index contributed by atoms with van der Waals surface area (Å²) in [6.45, 7) is 4.98. The van der Waals surface area contributed by atoms with Crippen LogP contribution in [0.25, 0.3) is 17.1 Å². The Morgan fingerprint density at radius 3 is 2.89 bits per heavy atom. The monoisotopic (exact) mass is 253 g/mol. The Labute approximate surface area is 111 Å². The summed E-state index contributed by atoms with van der Waals surface area (Å²) < 4.78 is 3.86. The summed E-state index contributed by atoms with van der Waals surface area (Å²) in [7, 11) is 0. The van der Waals surface area contributed by atoms with Crippen LogP contribution in [-0.4, -0.2) is 24.5 Å². The van der Waals surface area contributed by atoms with Gasteiger partial charge in [-0.2, -0.15) is 5.10 Å². The van der Waals surface area contributed by atoms with Crippen LogP contribution in [0.1, 0.15) is 12.5 Å². The van der Waals surface area contributed by atoms with Crippen molar-refractivity contribution < 1.29 is 0 Å². The first-order valence-electron chi connectivity index (χ1n) is 6.28. The minimum atomic E-state index is 0.810. The predicted octanol–water partition coefficient (Wildman–Crippen LogP) is 2.46. The van der Waals surface area contributed by atoms with E-state index in [1.165, 1.54) is 5.56 Å². The van der Waals surface area contributed by atoms with Crippen LogP contribution in [-0.2, 0) is 6.54 Å². The summed E-state index contributed by atoms with van der Waals surface area (Å²) in [6.07, 6.45) is 5.53. The van der Waals surface area contributed by atoms with Crippen molar-refractivity contribution in [3.8, 4) is 17.1 Å². The maximum absolute atomic E-state index is 4.28. The number of nitrogens with zero attached hydrogens (tertiary/aromatic N) is 5. The molecule has 0 atom stereocenters. The van der Waals surface area contributed by atoms with Gasteiger partial charge in [0.15, 0.2) is 5.82 Å². The molecule has 0 N–H and O–H groups in total. The first kappa shape index (κ1) is 11.6. The van der Waals surface area contributed by atoms with Crippen LogP contribution in [0.2, 0.25) is 0 Å². The normalized spacial score (nSPS) is 10.8. The van der Waals surface area contributed by atoms with E-state index in [2.05, 4.69) is 41.3 Å². The van der Waals surface area contributed by atoms with Gasteiger partial charge >= 0.3 is 0 Å². The molecule has 0 bridgehead atoms. The smallest absolute Gasteiger partial charge is 0.171 e. The maximum atomic E-state index is 4.28. The summed E-state index contributed by atoms with van der Waals surface area (Å²) >= 11 is 0. The molecule has 2 heterocycles. The first-order chi connectivity index (χ1) is 9.28. The highest BCUT2D eigenvalue weighted by molar-refractivity contribution is 5.56. The van der Waals surface area contributed by atoms with E-state index in [4.69, 9.17) is 0 Å². The van der Waals surface area contributed by atoms with Gasteiger partial charge in [-0.1, -0.05) is 12.1 Å². The van der Waals surface area contributed by atoms with Crippen LogP contribution < -0.4 is 0 Å². The standard InChI is InChI=1S/C14H15N5/c1-3-18-9-12(8-16-18)14-17-15-10-19(14)13-6-4-5-11(2)7-13/h4-10H,3H2,1-2H3. The lowest BCUT2D eigenvalue weighted by Crippen LogP contribution is -1.96. The average Bonchev–Trinajstić information content (AvgIpc) is 3.07. The lowest BCUT2D eigenvalue weighted by Gasteiger charge is -2.05. The molecule has 5 heteroatoms. The van der Waals surface area contributed by atoms with Crippen molar-refractivity contribution in [3.05, 3.63) is 48.5 Å². The van der Waals surface area contributed by atoms with Crippen LogP contribution in [0.3, 0.4) is 0 Å². The van der Waals surface area contributed by atoms with Crippen molar-refractivity contribution in [1.82, 2.24) is 24.5 Å². The first-order valence-corrected chi connectivity index (χ1v) is 6.28. The SMILES string of the molecule is CCn1cc(-c2nncn2-c2cccc(C)c2)cn1. The molecule has 0 saturated carbocycles. The van der Waals surface area contributed by atoms with E-state index in [1.807, 2.05) is 33.8 Å². The Bertz CT molecular complexity index is 695. The second-order valence-electron chi connectivity index (χ2n) is 4.45. The molecule has 0 saturated heterocycles. The molecule has 0 aliphatic carbocycles. The fraction of sp³-hybridized carbons (Fsp3) is 0.214. The van der Waals surface area contributed by atoms with E-state index in [1.54, 1.807) is 6.33 Å². The third-order valence-corrected chi connectivity index (χ3v) is 3.04. The zero-order chi connectivity index (χ0) is 13.2. The highest BCUT2D eigenvalue weighted by atomic mass is 15.3. The van der Waals surface area contributed by atoms with Gasteiger partial charge in [0.1, 0.15) is 6.33 Å². The number of rotatable bonds is 3. The van der Waals surface area contributed by atoms with E-state index in [0.717, 1.165) is 23.6 Å². The van der Waals surface area contributed by atoms with E-state index >= 15 is 0 Å². The van der Waals surface area contributed by atoms with Crippen LogP contribution in [0.15, 0.2) is 43.0 Å². The Balaban J connectivity index is 2.07. The van der Waals surface area contributed by atoms with Crippen molar-refractivity contribution in [2.45, 2.75) is 20.4 Å². The van der Waals surface area contributed by atoms with E-state index in [0.29, 0.717) is 0 Å². The van der Waals surface area contributed by atoms with E-state index in [-0.39, 0.29) is 0 Å².